The largest absolute Gasteiger partial charge is 0.263 e. The summed E-state index contributed by atoms with van der Waals surface area (Å²) < 4.78 is 40.5. The molecule has 0 saturated heterocycles. The Labute approximate surface area is 118 Å². The van der Waals surface area contributed by atoms with E-state index in [4.69, 9.17) is 0 Å². The van der Waals surface area contributed by atoms with Crippen molar-refractivity contribution in [1.82, 2.24) is 4.98 Å². The number of benzene rings is 1. The Morgan fingerprint density at radius 1 is 1.26 bits per heavy atom. The first kappa shape index (κ1) is 14.0. The molecule has 2 rings (SSSR count). The summed E-state index contributed by atoms with van der Waals surface area (Å²) in [7, 11) is -3.85. The Hall–Kier alpha value is -1.47. The molecule has 0 spiro atoms. The van der Waals surface area contributed by atoms with Gasteiger partial charge in [0.15, 0.2) is 0 Å². The number of rotatable bonds is 3. The molecule has 1 heterocycles. The molecule has 2 aromatic rings. The van der Waals surface area contributed by atoms with Crippen LogP contribution < -0.4 is 4.72 Å². The van der Waals surface area contributed by atoms with Crippen LogP contribution in [0.15, 0.2) is 45.9 Å². The molecule has 0 amide bonds. The molecule has 0 aliphatic rings. The van der Waals surface area contributed by atoms with Gasteiger partial charge < -0.3 is 0 Å². The SMILES string of the molecule is Cc1ccc(F)cc1S(=O)(=O)Nc1ccc(Br)cn1. The molecule has 1 N–H and O–H groups in total. The van der Waals surface area contributed by atoms with E-state index in [9.17, 15) is 12.8 Å². The van der Waals surface area contributed by atoms with Crippen molar-refractivity contribution in [3.63, 3.8) is 0 Å². The van der Waals surface area contributed by atoms with Gasteiger partial charge in [-0.05, 0) is 52.7 Å². The van der Waals surface area contributed by atoms with E-state index in [-0.39, 0.29) is 10.7 Å². The summed E-state index contributed by atoms with van der Waals surface area (Å²) in [4.78, 5) is 3.81. The van der Waals surface area contributed by atoms with Crippen LogP contribution >= 0.6 is 15.9 Å². The van der Waals surface area contributed by atoms with Gasteiger partial charge in [0.25, 0.3) is 10.0 Å². The number of nitrogens with zero attached hydrogens (tertiary/aromatic N) is 1. The average molecular weight is 345 g/mol. The molecule has 0 aliphatic carbocycles. The van der Waals surface area contributed by atoms with Gasteiger partial charge in [0, 0.05) is 10.7 Å². The highest BCUT2D eigenvalue weighted by atomic mass is 79.9. The van der Waals surface area contributed by atoms with Gasteiger partial charge in [0.2, 0.25) is 0 Å². The molecule has 0 radical (unpaired) electrons. The summed E-state index contributed by atoms with van der Waals surface area (Å²) in [6.45, 7) is 1.60. The van der Waals surface area contributed by atoms with Crippen LogP contribution in [0.3, 0.4) is 0 Å². The maximum atomic E-state index is 13.2. The van der Waals surface area contributed by atoms with Crippen LogP contribution in [-0.2, 0) is 10.0 Å². The normalized spacial score (nSPS) is 11.3. The maximum Gasteiger partial charge on any atom is 0.263 e. The van der Waals surface area contributed by atoms with Crippen molar-refractivity contribution in [2.45, 2.75) is 11.8 Å². The van der Waals surface area contributed by atoms with Crippen LogP contribution in [0.5, 0.6) is 0 Å². The van der Waals surface area contributed by atoms with Gasteiger partial charge in [-0.25, -0.2) is 17.8 Å². The van der Waals surface area contributed by atoms with Gasteiger partial charge in [-0.3, -0.25) is 4.72 Å². The molecule has 1 aromatic carbocycles. The summed E-state index contributed by atoms with van der Waals surface area (Å²) in [6.07, 6.45) is 1.47. The molecular weight excluding hydrogens is 335 g/mol. The number of pyridine rings is 1. The van der Waals surface area contributed by atoms with Crippen LogP contribution in [0, 0.1) is 12.7 Å². The molecule has 4 nitrogen and oxygen atoms in total. The third kappa shape index (κ3) is 3.30. The molecule has 7 heteroatoms. The van der Waals surface area contributed by atoms with Crippen LogP contribution in [0.2, 0.25) is 0 Å². The van der Waals surface area contributed by atoms with Gasteiger partial charge in [0.1, 0.15) is 11.6 Å². The van der Waals surface area contributed by atoms with Crippen molar-refractivity contribution in [3.8, 4) is 0 Å². The number of halogens is 2. The molecule has 0 bridgehead atoms. The molecule has 0 saturated carbocycles. The standard InChI is InChI=1S/C12H10BrFN2O2S/c1-8-2-4-10(14)6-11(8)19(17,18)16-12-5-3-9(13)7-15-12/h2-7H,1H3,(H,15,16). The summed E-state index contributed by atoms with van der Waals surface area (Å²) in [5.74, 6) is -0.429. The molecule has 19 heavy (non-hydrogen) atoms. The van der Waals surface area contributed by atoms with E-state index < -0.39 is 15.8 Å². The smallest absolute Gasteiger partial charge is 0.263 e. The van der Waals surface area contributed by atoms with Crippen molar-refractivity contribution >= 4 is 31.8 Å². The number of aryl methyl sites for hydroxylation is 1. The number of hydrogen-bond donors (Lipinski definition) is 1. The van der Waals surface area contributed by atoms with E-state index in [1.165, 1.54) is 24.4 Å². The van der Waals surface area contributed by atoms with Crippen molar-refractivity contribution in [1.29, 1.82) is 0 Å². The molecule has 0 fully saturated rings. The second kappa shape index (κ2) is 5.26. The Bertz CT molecular complexity index is 702. The van der Waals surface area contributed by atoms with E-state index in [0.717, 1.165) is 10.5 Å². The minimum absolute atomic E-state index is 0.0998. The third-order valence-electron chi connectivity index (χ3n) is 2.41. The fraction of sp³-hybridized carbons (Fsp3) is 0.0833. The minimum atomic E-state index is -3.85. The van der Waals surface area contributed by atoms with Crippen LogP contribution in [0.4, 0.5) is 10.2 Å². The Balaban J connectivity index is 2.37. The van der Waals surface area contributed by atoms with Gasteiger partial charge in [-0.2, -0.15) is 0 Å². The zero-order chi connectivity index (χ0) is 14.0. The van der Waals surface area contributed by atoms with Crippen molar-refractivity contribution in [2.75, 3.05) is 4.72 Å². The molecule has 0 unspecified atom stereocenters. The molecule has 1 aromatic heterocycles. The highest BCUT2D eigenvalue weighted by molar-refractivity contribution is 9.10. The summed E-state index contributed by atoms with van der Waals surface area (Å²) in [5, 5.41) is 0. The summed E-state index contributed by atoms with van der Waals surface area (Å²) in [5.41, 5.74) is 0.464. The second-order valence-corrected chi connectivity index (χ2v) is 6.44. The van der Waals surface area contributed by atoms with Crippen molar-refractivity contribution < 1.29 is 12.8 Å². The molecular formula is C12H10BrFN2O2S. The highest BCUT2D eigenvalue weighted by Gasteiger charge is 2.18. The lowest BCUT2D eigenvalue weighted by atomic mass is 10.2. The number of anilines is 1. The highest BCUT2D eigenvalue weighted by Crippen LogP contribution is 2.20. The molecule has 0 atom stereocenters. The van der Waals surface area contributed by atoms with E-state index in [1.54, 1.807) is 13.0 Å². The number of sulfonamides is 1. The van der Waals surface area contributed by atoms with E-state index in [2.05, 4.69) is 25.6 Å². The zero-order valence-corrected chi connectivity index (χ0v) is 12.3. The Morgan fingerprint density at radius 3 is 2.63 bits per heavy atom. The lowest BCUT2D eigenvalue weighted by Gasteiger charge is -2.09. The Kier molecular flexibility index (Phi) is 3.86. The van der Waals surface area contributed by atoms with Gasteiger partial charge >= 0.3 is 0 Å². The first-order valence-corrected chi connectivity index (χ1v) is 7.56. The van der Waals surface area contributed by atoms with E-state index in [0.29, 0.717) is 5.56 Å². The number of nitrogens with one attached hydrogen (secondary N) is 1. The average Bonchev–Trinajstić information content (AvgIpc) is 2.35. The lowest BCUT2D eigenvalue weighted by Crippen LogP contribution is -2.15. The first-order valence-electron chi connectivity index (χ1n) is 5.29. The van der Waals surface area contributed by atoms with Gasteiger partial charge in [-0.1, -0.05) is 6.07 Å². The van der Waals surface area contributed by atoms with E-state index in [1.807, 2.05) is 0 Å². The van der Waals surface area contributed by atoms with E-state index >= 15 is 0 Å². The Morgan fingerprint density at radius 2 is 2.00 bits per heavy atom. The monoisotopic (exact) mass is 344 g/mol. The predicted octanol–water partition coefficient (Wildman–Crippen LogP) is 3.09. The van der Waals surface area contributed by atoms with Crippen LogP contribution in [0.1, 0.15) is 5.56 Å². The van der Waals surface area contributed by atoms with Crippen molar-refractivity contribution in [3.05, 3.63) is 52.4 Å². The van der Waals surface area contributed by atoms with Crippen LogP contribution in [-0.4, -0.2) is 13.4 Å². The predicted molar refractivity (Wildman–Crippen MR) is 73.9 cm³/mol. The lowest BCUT2D eigenvalue weighted by molar-refractivity contribution is 0.594. The fourth-order valence-corrected chi connectivity index (χ4v) is 2.99. The third-order valence-corrected chi connectivity index (χ3v) is 4.37. The summed E-state index contributed by atoms with van der Waals surface area (Å²) >= 11 is 3.20. The van der Waals surface area contributed by atoms with Crippen LogP contribution in [0.25, 0.3) is 0 Å². The van der Waals surface area contributed by atoms with Crippen molar-refractivity contribution in [2.24, 2.45) is 0 Å². The molecule has 0 aliphatic heterocycles. The summed E-state index contributed by atoms with van der Waals surface area (Å²) in [6, 6.07) is 6.78. The van der Waals surface area contributed by atoms with Gasteiger partial charge in [0.05, 0.1) is 4.90 Å². The second-order valence-electron chi connectivity index (χ2n) is 3.88. The maximum absolute atomic E-state index is 13.2. The minimum Gasteiger partial charge on any atom is -0.263 e. The molecule has 100 valence electrons. The quantitative estimate of drug-likeness (QED) is 0.930. The fourth-order valence-electron chi connectivity index (χ4n) is 1.49. The first-order chi connectivity index (χ1) is 8.88. The topological polar surface area (TPSA) is 59.1 Å². The number of hydrogen-bond acceptors (Lipinski definition) is 3. The zero-order valence-electron chi connectivity index (χ0n) is 9.89. The van der Waals surface area contributed by atoms with Gasteiger partial charge in [-0.15, -0.1) is 0 Å². The number of aromatic nitrogens is 1.